The van der Waals surface area contributed by atoms with Crippen LogP contribution in [0.5, 0.6) is 0 Å². The number of piperidine rings is 1. The summed E-state index contributed by atoms with van der Waals surface area (Å²) >= 11 is 0. The number of rotatable bonds is 9. The average molecular weight is 410 g/mol. The number of anilines is 1. The Labute approximate surface area is 178 Å². The zero-order valence-electron chi connectivity index (χ0n) is 17.6. The second kappa shape index (κ2) is 11.5. The molecule has 3 rings (SSSR count). The number of nitrogens with one attached hydrogen (secondary N) is 2. The van der Waals surface area contributed by atoms with Gasteiger partial charge in [0.1, 0.15) is 0 Å². The molecule has 160 valence electrons. The van der Waals surface area contributed by atoms with Gasteiger partial charge in [-0.2, -0.15) is 0 Å². The molecule has 1 aliphatic rings. The molecule has 2 amide bonds. The van der Waals surface area contributed by atoms with E-state index < -0.39 is 0 Å². The van der Waals surface area contributed by atoms with E-state index in [4.69, 9.17) is 4.74 Å². The smallest absolute Gasteiger partial charge is 0.253 e. The highest BCUT2D eigenvalue weighted by Crippen LogP contribution is 2.22. The molecule has 1 atom stereocenters. The highest BCUT2D eigenvalue weighted by Gasteiger charge is 2.26. The second-order valence-corrected chi connectivity index (χ2v) is 7.70. The van der Waals surface area contributed by atoms with Crippen LogP contribution in [0, 0.1) is 5.92 Å². The van der Waals surface area contributed by atoms with Crippen molar-refractivity contribution in [3.63, 3.8) is 0 Å². The number of ether oxygens (including phenoxy) is 1. The van der Waals surface area contributed by atoms with Crippen molar-refractivity contribution < 1.29 is 14.3 Å². The molecule has 1 unspecified atom stereocenters. The Morgan fingerprint density at radius 3 is 2.67 bits per heavy atom. The zero-order chi connectivity index (χ0) is 21.2. The Morgan fingerprint density at radius 2 is 1.87 bits per heavy atom. The number of amides is 2. The van der Waals surface area contributed by atoms with Crippen molar-refractivity contribution in [2.24, 2.45) is 5.92 Å². The average Bonchev–Trinajstić information content (AvgIpc) is 2.78. The van der Waals surface area contributed by atoms with Gasteiger partial charge in [0.15, 0.2) is 0 Å². The van der Waals surface area contributed by atoms with Crippen LogP contribution < -0.4 is 10.6 Å². The molecule has 0 aromatic heterocycles. The molecule has 2 aromatic rings. The Morgan fingerprint density at radius 1 is 1.10 bits per heavy atom. The number of benzene rings is 2. The van der Waals surface area contributed by atoms with Gasteiger partial charge in [0, 0.05) is 33.4 Å². The number of para-hydroxylation sites is 1. The molecule has 0 saturated carbocycles. The van der Waals surface area contributed by atoms with E-state index in [2.05, 4.69) is 27.7 Å². The van der Waals surface area contributed by atoms with Gasteiger partial charge < -0.3 is 15.4 Å². The van der Waals surface area contributed by atoms with Crippen molar-refractivity contribution in [3.05, 3.63) is 65.7 Å². The summed E-state index contributed by atoms with van der Waals surface area (Å²) in [7, 11) is 1.64. The van der Waals surface area contributed by atoms with Crippen molar-refractivity contribution in [1.29, 1.82) is 0 Å². The van der Waals surface area contributed by atoms with E-state index in [0.717, 1.165) is 38.9 Å². The first-order valence-corrected chi connectivity index (χ1v) is 10.6. The topological polar surface area (TPSA) is 70.7 Å². The van der Waals surface area contributed by atoms with E-state index >= 15 is 0 Å². The molecule has 6 nitrogen and oxygen atoms in total. The molecule has 2 aromatic carbocycles. The molecule has 1 fully saturated rings. The normalized spacial score (nSPS) is 16.8. The molecule has 0 bridgehead atoms. The zero-order valence-corrected chi connectivity index (χ0v) is 17.6. The van der Waals surface area contributed by atoms with Gasteiger partial charge in [-0.1, -0.05) is 42.5 Å². The monoisotopic (exact) mass is 409 g/mol. The van der Waals surface area contributed by atoms with E-state index in [1.165, 1.54) is 5.56 Å². The number of methoxy groups -OCH3 is 1. The fourth-order valence-corrected chi connectivity index (χ4v) is 3.79. The van der Waals surface area contributed by atoms with Crippen LogP contribution in [0.2, 0.25) is 0 Å². The molecular formula is C24H31N3O3. The van der Waals surface area contributed by atoms with Gasteiger partial charge in [0.25, 0.3) is 5.91 Å². The van der Waals surface area contributed by atoms with Gasteiger partial charge in [-0.3, -0.25) is 14.5 Å². The van der Waals surface area contributed by atoms with Gasteiger partial charge in [-0.15, -0.1) is 0 Å². The van der Waals surface area contributed by atoms with E-state index in [1.54, 1.807) is 19.2 Å². The van der Waals surface area contributed by atoms with Crippen LogP contribution in [0.25, 0.3) is 0 Å². The largest absolute Gasteiger partial charge is 0.385 e. The lowest BCUT2D eigenvalue weighted by Gasteiger charge is -2.32. The number of carbonyl (C=O) groups is 2. The predicted octanol–water partition coefficient (Wildman–Crippen LogP) is 3.30. The minimum atomic E-state index is -0.184. The molecule has 1 saturated heterocycles. The lowest BCUT2D eigenvalue weighted by atomic mass is 9.96. The third-order valence-electron chi connectivity index (χ3n) is 5.37. The van der Waals surface area contributed by atoms with E-state index in [9.17, 15) is 9.59 Å². The molecule has 6 heteroatoms. The Bertz CT molecular complexity index is 825. The molecule has 2 N–H and O–H groups in total. The van der Waals surface area contributed by atoms with Crippen LogP contribution in [-0.4, -0.2) is 50.1 Å². The molecule has 0 spiro atoms. The maximum absolute atomic E-state index is 13.0. The number of hydrogen-bond acceptors (Lipinski definition) is 4. The second-order valence-electron chi connectivity index (χ2n) is 7.70. The number of likely N-dealkylation sites (tertiary alicyclic amines) is 1. The van der Waals surface area contributed by atoms with Crippen molar-refractivity contribution >= 4 is 17.5 Å². The highest BCUT2D eigenvalue weighted by molar-refractivity contribution is 6.04. The lowest BCUT2D eigenvalue weighted by molar-refractivity contribution is -0.121. The fraction of sp³-hybridized carbons (Fsp3) is 0.417. The first kappa shape index (κ1) is 22.0. The fourth-order valence-electron chi connectivity index (χ4n) is 3.79. The van der Waals surface area contributed by atoms with Crippen LogP contribution in [-0.2, 0) is 16.1 Å². The van der Waals surface area contributed by atoms with Gasteiger partial charge in [-0.05, 0) is 43.5 Å². The van der Waals surface area contributed by atoms with Crippen molar-refractivity contribution in [1.82, 2.24) is 10.2 Å². The standard InChI is InChI=1S/C24H31N3O3/c1-30-16-8-14-25-24(29)21-12-5-6-13-22(21)26-23(28)20-11-7-15-27(18-20)17-19-9-3-2-4-10-19/h2-6,9-10,12-13,20H,7-8,11,14-18H2,1H3,(H,25,29)(H,26,28). The van der Waals surface area contributed by atoms with Gasteiger partial charge >= 0.3 is 0 Å². The van der Waals surface area contributed by atoms with Crippen LogP contribution >= 0.6 is 0 Å². The summed E-state index contributed by atoms with van der Waals surface area (Å²) in [6.07, 6.45) is 2.60. The summed E-state index contributed by atoms with van der Waals surface area (Å²) in [5.74, 6) is -0.288. The predicted molar refractivity (Wildman–Crippen MR) is 118 cm³/mol. The van der Waals surface area contributed by atoms with Crippen LogP contribution in [0.4, 0.5) is 5.69 Å². The summed E-state index contributed by atoms with van der Waals surface area (Å²) < 4.78 is 5.01. The highest BCUT2D eigenvalue weighted by atomic mass is 16.5. The van der Waals surface area contributed by atoms with Gasteiger partial charge in [0.2, 0.25) is 5.91 Å². The number of hydrogen-bond donors (Lipinski definition) is 2. The van der Waals surface area contributed by atoms with E-state index in [0.29, 0.717) is 24.4 Å². The Hall–Kier alpha value is -2.70. The molecule has 1 aliphatic heterocycles. The van der Waals surface area contributed by atoms with E-state index in [-0.39, 0.29) is 17.7 Å². The molecular weight excluding hydrogens is 378 g/mol. The maximum atomic E-state index is 13.0. The van der Waals surface area contributed by atoms with Crippen molar-refractivity contribution in [2.45, 2.75) is 25.8 Å². The summed E-state index contributed by atoms with van der Waals surface area (Å²) in [6, 6.07) is 17.5. The summed E-state index contributed by atoms with van der Waals surface area (Å²) in [6.45, 7) is 3.71. The summed E-state index contributed by atoms with van der Waals surface area (Å²) in [5, 5.41) is 5.88. The van der Waals surface area contributed by atoms with Gasteiger partial charge in [0.05, 0.1) is 17.2 Å². The van der Waals surface area contributed by atoms with Gasteiger partial charge in [-0.25, -0.2) is 0 Å². The summed E-state index contributed by atoms with van der Waals surface area (Å²) in [5.41, 5.74) is 2.31. The van der Waals surface area contributed by atoms with E-state index in [1.807, 2.05) is 30.3 Å². The third-order valence-corrected chi connectivity index (χ3v) is 5.37. The van der Waals surface area contributed by atoms with Crippen LogP contribution in [0.15, 0.2) is 54.6 Å². The number of nitrogens with zero attached hydrogens (tertiary/aromatic N) is 1. The maximum Gasteiger partial charge on any atom is 0.253 e. The quantitative estimate of drug-likeness (QED) is 0.624. The Balaban J connectivity index is 1.58. The van der Waals surface area contributed by atoms with Crippen LogP contribution in [0.3, 0.4) is 0 Å². The number of carbonyl (C=O) groups excluding carboxylic acids is 2. The molecule has 0 radical (unpaired) electrons. The minimum Gasteiger partial charge on any atom is -0.385 e. The lowest BCUT2D eigenvalue weighted by Crippen LogP contribution is -2.40. The molecule has 0 aliphatic carbocycles. The van der Waals surface area contributed by atoms with Crippen molar-refractivity contribution in [3.8, 4) is 0 Å². The first-order valence-electron chi connectivity index (χ1n) is 10.6. The van der Waals surface area contributed by atoms with Crippen LogP contribution in [0.1, 0.15) is 35.2 Å². The SMILES string of the molecule is COCCCNC(=O)c1ccccc1NC(=O)C1CCCN(Cc2ccccc2)C1. The first-order chi connectivity index (χ1) is 14.7. The molecule has 1 heterocycles. The van der Waals surface area contributed by atoms with Crippen molar-refractivity contribution in [2.75, 3.05) is 38.7 Å². The molecule has 30 heavy (non-hydrogen) atoms. The Kier molecular flexibility index (Phi) is 8.41. The minimum absolute atomic E-state index is 0.0209. The summed E-state index contributed by atoms with van der Waals surface area (Å²) in [4.78, 5) is 27.8. The third kappa shape index (κ3) is 6.40.